The summed E-state index contributed by atoms with van der Waals surface area (Å²) in [6, 6.07) is 3.67. The van der Waals surface area contributed by atoms with Gasteiger partial charge in [-0.05, 0) is 18.9 Å². The number of nitrogens with zero attached hydrogens (tertiary/aromatic N) is 5. The van der Waals surface area contributed by atoms with E-state index < -0.39 is 0 Å². The van der Waals surface area contributed by atoms with Crippen molar-refractivity contribution in [3.8, 4) is 5.88 Å². The summed E-state index contributed by atoms with van der Waals surface area (Å²) in [7, 11) is 3.16. The van der Waals surface area contributed by atoms with Gasteiger partial charge in [-0.25, -0.2) is 0 Å². The standard InChI is InChI=1S/C15H20N6O3S/c1-23-9-13-19-20-15(25-13)16-14(22)10-5-7-21(8-6-10)11-3-4-12(24-2)18-17-11/h3-4,10H,5-9H2,1-2H3,(H,16,20,22). The highest BCUT2D eigenvalue weighted by Gasteiger charge is 2.26. The summed E-state index contributed by atoms with van der Waals surface area (Å²) < 4.78 is 10.0. The summed E-state index contributed by atoms with van der Waals surface area (Å²) in [5.41, 5.74) is 0. The van der Waals surface area contributed by atoms with E-state index in [1.807, 2.05) is 6.07 Å². The first-order valence-electron chi connectivity index (χ1n) is 7.94. The van der Waals surface area contributed by atoms with Crippen LogP contribution in [0.1, 0.15) is 17.8 Å². The number of hydrogen-bond acceptors (Lipinski definition) is 9. The molecule has 1 saturated heterocycles. The molecule has 1 fully saturated rings. The molecule has 0 bridgehead atoms. The molecule has 9 nitrogen and oxygen atoms in total. The van der Waals surface area contributed by atoms with Gasteiger partial charge < -0.3 is 19.7 Å². The van der Waals surface area contributed by atoms with Crippen molar-refractivity contribution in [2.24, 2.45) is 5.92 Å². The average Bonchev–Trinajstić information content (AvgIpc) is 3.09. The lowest BCUT2D eigenvalue weighted by Gasteiger charge is -2.31. The maximum Gasteiger partial charge on any atom is 0.233 e. The molecule has 1 amide bonds. The van der Waals surface area contributed by atoms with Crippen LogP contribution in [0.2, 0.25) is 0 Å². The second kappa shape index (κ2) is 8.17. The van der Waals surface area contributed by atoms with E-state index in [2.05, 4.69) is 30.6 Å². The predicted molar refractivity (Wildman–Crippen MR) is 92.8 cm³/mol. The Morgan fingerprint density at radius 1 is 1.24 bits per heavy atom. The van der Waals surface area contributed by atoms with Gasteiger partial charge in [-0.2, -0.15) is 0 Å². The van der Waals surface area contributed by atoms with Gasteiger partial charge in [-0.15, -0.1) is 20.4 Å². The maximum atomic E-state index is 12.4. The monoisotopic (exact) mass is 364 g/mol. The molecule has 25 heavy (non-hydrogen) atoms. The number of carbonyl (C=O) groups excluding carboxylic acids is 1. The van der Waals surface area contributed by atoms with Gasteiger partial charge in [0.15, 0.2) is 5.82 Å². The van der Waals surface area contributed by atoms with Crippen molar-refractivity contribution in [3.05, 3.63) is 17.1 Å². The largest absolute Gasteiger partial charge is 0.480 e. The Hall–Kier alpha value is -2.33. The maximum absolute atomic E-state index is 12.4. The van der Waals surface area contributed by atoms with Crippen LogP contribution in [0.4, 0.5) is 10.9 Å². The Kier molecular flexibility index (Phi) is 5.71. The molecule has 3 heterocycles. The Morgan fingerprint density at radius 3 is 2.68 bits per heavy atom. The molecule has 3 rings (SSSR count). The third-order valence-corrected chi connectivity index (χ3v) is 4.80. The number of anilines is 2. The summed E-state index contributed by atoms with van der Waals surface area (Å²) in [4.78, 5) is 14.5. The van der Waals surface area contributed by atoms with Crippen LogP contribution in [0.15, 0.2) is 12.1 Å². The Labute approximate surface area is 149 Å². The third-order valence-electron chi connectivity index (χ3n) is 3.99. The van der Waals surface area contributed by atoms with E-state index in [1.165, 1.54) is 11.3 Å². The molecule has 0 atom stereocenters. The first-order chi connectivity index (χ1) is 12.2. The van der Waals surface area contributed by atoms with Crippen molar-refractivity contribution < 1.29 is 14.3 Å². The summed E-state index contributed by atoms with van der Waals surface area (Å²) in [6.07, 6.45) is 1.51. The smallest absolute Gasteiger partial charge is 0.233 e. The number of piperidine rings is 1. The summed E-state index contributed by atoms with van der Waals surface area (Å²) in [6.45, 7) is 1.91. The van der Waals surface area contributed by atoms with Crippen LogP contribution >= 0.6 is 11.3 Å². The van der Waals surface area contributed by atoms with Crippen LogP contribution in [-0.4, -0.2) is 53.6 Å². The second-order valence-corrected chi connectivity index (χ2v) is 6.68. The van der Waals surface area contributed by atoms with Gasteiger partial charge in [-0.3, -0.25) is 4.79 Å². The predicted octanol–water partition coefficient (Wildman–Crippen LogP) is 1.34. The number of rotatable bonds is 6. The van der Waals surface area contributed by atoms with Gasteiger partial charge in [0.1, 0.15) is 11.6 Å². The number of ether oxygens (including phenoxy) is 2. The van der Waals surface area contributed by atoms with Gasteiger partial charge in [0.25, 0.3) is 0 Å². The lowest BCUT2D eigenvalue weighted by Crippen LogP contribution is -2.38. The molecule has 10 heteroatoms. The molecular formula is C15H20N6O3S. The molecule has 0 radical (unpaired) electrons. The van der Waals surface area contributed by atoms with Crippen LogP contribution in [-0.2, 0) is 16.1 Å². The van der Waals surface area contributed by atoms with Gasteiger partial charge in [0.2, 0.25) is 16.9 Å². The Morgan fingerprint density at radius 2 is 2.04 bits per heavy atom. The molecule has 2 aromatic heterocycles. The minimum absolute atomic E-state index is 0.0134. The van der Waals surface area contributed by atoms with Gasteiger partial charge in [0, 0.05) is 32.2 Å². The molecule has 0 saturated carbocycles. The second-order valence-electron chi connectivity index (χ2n) is 5.62. The molecule has 2 aromatic rings. The summed E-state index contributed by atoms with van der Waals surface area (Å²) in [5.74, 6) is 1.23. The fourth-order valence-corrected chi connectivity index (χ4v) is 3.37. The van der Waals surface area contributed by atoms with Crippen molar-refractivity contribution in [2.45, 2.75) is 19.4 Å². The molecule has 1 aliphatic rings. The fraction of sp³-hybridized carbons (Fsp3) is 0.533. The molecular weight excluding hydrogens is 344 g/mol. The van der Waals surface area contributed by atoms with Crippen molar-refractivity contribution in [2.75, 3.05) is 37.5 Å². The van der Waals surface area contributed by atoms with Crippen LogP contribution in [0.5, 0.6) is 5.88 Å². The van der Waals surface area contributed by atoms with Crippen molar-refractivity contribution in [1.29, 1.82) is 0 Å². The topological polar surface area (TPSA) is 102 Å². The average molecular weight is 364 g/mol. The summed E-state index contributed by atoms with van der Waals surface area (Å²) >= 11 is 1.33. The number of amides is 1. The molecule has 0 aromatic carbocycles. The number of hydrogen-bond donors (Lipinski definition) is 1. The Bertz CT molecular complexity index is 700. The Balaban J connectivity index is 1.51. The van der Waals surface area contributed by atoms with Crippen molar-refractivity contribution in [3.63, 3.8) is 0 Å². The first kappa shape index (κ1) is 17.5. The third kappa shape index (κ3) is 4.40. The van der Waals surface area contributed by atoms with E-state index in [-0.39, 0.29) is 11.8 Å². The normalized spacial score (nSPS) is 15.2. The number of aromatic nitrogens is 4. The van der Waals surface area contributed by atoms with E-state index in [0.29, 0.717) is 17.6 Å². The highest BCUT2D eigenvalue weighted by Crippen LogP contribution is 2.24. The minimum Gasteiger partial charge on any atom is -0.480 e. The van der Waals surface area contributed by atoms with Gasteiger partial charge >= 0.3 is 0 Å². The van der Waals surface area contributed by atoms with Gasteiger partial charge in [0.05, 0.1) is 7.11 Å². The molecule has 1 aliphatic heterocycles. The van der Waals surface area contributed by atoms with E-state index in [9.17, 15) is 4.79 Å². The first-order valence-corrected chi connectivity index (χ1v) is 8.76. The zero-order valence-electron chi connectivity index (χ0n) is 14.1. The number of carbonyl (C=O) groups is 1. The van der Waals surface area contributed by atoms with E-state index in [0.717, 1.165) is 36.8 Å². The zero-order valence-corrected chi connectivity index (χ0v) is 15.0. The molecule has 0 spiro atoms. The fourth-order valence-electron chi connectivity index (χ4n) is 2.65. The van der Waals surface area contributed by atoms with E-state index in [4.69, 9.17) is 9.47 Å². The summed E-state index contributed by atoms with van der Waals surface area (Å²) in [5, 5.41) is 20.2. The van der Waals surface area contributed by atoms with Gasteiger partial charge in [-0.1, -0.05) is 11.3 Å². The zero-order chi connectivity index (χ0) is 17.6. The molecule has 134 valence electrons. The van der Waals surface area contributed by atoms with E-state index >= 15 is 0 Å². The SMILES string of the molecule is COCc1nnc(NC(=O)C2CCN(c3ccc(OC)nn3)CC2)s1. The lowest BCUT2D eigenvalue weighted by atomic mass is 9.96. The lowest BCUT2D eigenvalue weighted by molar-refractivity contribution is -0.120. The molecule has 1 N–H and O–H groups in total. The van der Waals surface area contributed by atoms with E-state index in [1.54, 1.807) is 20.3 Å². The number of methoxy groups -OCH3 is 2. The van der Waals surface area contributed by atoms with Crippen LogP contribution in [0.25, 0.3) is 0 Å². The van der Waals surface area contributed by atoms with Crippen molar-refractivity contribution >= 4 is 28.2 Å². The van der Waals surface area contributed by atoms with Crippen LogP contribution in [0.3, 0.4) is 0 Å². The van der Waals surface area contributed by atoms with Crippen LogP contribution in [0, 0.1) is 5.92 Å². The highest BCUT2D eigenvalue weighted by atomic mass is 32.1. The molecule has 0 unspecified atom stereocenters. The highest BCUT2D eigenvalue weighted by molar-refractivity contribution is 7.15. The number of nitrogens with one attached hydrogen (secondary N) is 1. The van der Waals surface area contributed by atoms with Crippen LogP contribution < -0.4 is 15.0 Å². The van der Waals surface area contributed by atoms with Crippen molar-refractivity contribution in [1.82, 2.24) is 20.4 Å². The quantitative estimate of drug-likeness (QED) is 0.819. The minimum atomic E-state index is -0.0442. The molecule has 0 aliphatic carbocycles.